The molecule has 0 radical (unpaired) electrons. The molecule has 1 aliphatic heterocycles. The molecule has 2 heteroatoms. The Morgan fingerprint density at radius 3 is 3.10 bits per heavy atom. The van der Waals surface area contributed by atoms with Crippen LogP contribution in [0, 0.1) is 5.92 Å². The van der Waals surface area contributed by atoms with Gasteiger partial charge in [0.05, 0.1) is 0 Å². The minimum atomic E-state index is 0.416. The predicted molar refractivity (Wildman–Crippen MR) is 40.9 cm³/mol. The van der Waals surface area contributed by atoms with E-state index in [1.165, 1.54) is 0 Å². The summed E-state index contributed by atoms with van der Waals surface area (Å²) in [6, 6.07) is 0. The number of carbonyl (C=O) groups excluding carboxylic acids is 1. The molecule has 0 aromatic carbocycles. The van der Waals surface area contributed by atoms with Crippen LogP contribution in [0.25, 0.3) is 0 Å². The molecule has 0 amide bonds. The van der Waals surface area contributed by atoms with E-state index in [0.29, 0.717) is 11.7 Å². The molecule has 10 heavy (non-hydrogen) atoms. The second-order valence-corrected chi connectivity index (χ2v) is 3.14. The number of carbonyl (C=O) groups is 1. The summed E-state index contributed by atoms with van der Waals surface area (Å²) in [5.74, 6) is 1.00. The molecule has 0 aromatic rings. The molecule has 2 nitrogen and oxygen atoms in total. The van der Waals surface area contributed by atoms with E-state index in [2.05, 4.69) is 12.2 Å². The van der Waals surface area contributed by atoms with Gasteiger partial charge in [0.1, 0.15) is 5.78 Å². The zero-order chi connectivity index (χ0) is 7.40. The minimum absolute atomic E-state index is 0.416. The largest absolute Gasteiger partial charge is 0.316 e. The van der Waals surface area contributed by atoms with E-state index in [0.717, 1.165) is 32.4 Å². The monoisotopic (exact) mass is 141 g/mol. The van der Waals surface area contributed by atoms with E-state index in [1.807, 2.05) is 0 Å². The van der Waals surface area contributed by atoms with Crippen LogP contribution in [-0.4, -0.2) is 18.9 Å². The molecule has 1 unspecified atom stereocenters. The molecule has 0 aliphatic carbocycles. The highest BCUT2D eigenvalue weighted by molar-refractivity contribution is 5.78. The summed E-state index contributed by atoms with van der Waals surface area (Å²) in [5, 5.41) is 3.23. The molecule has 1 atom stereocenters. The van der Waals surface area contributed by atoms with E-state index < -0.39 is 0 Å². The van der Waals surface area contributed by atoms with Crippen LogP contribution >= 0.6 is 0 Å². The van der Waals surface area contributed by atoms with E-state index in [4.69, 9.17) is 0 Å². The summed E-state index contributed by atoms with van der Waals surface area (Å²) in [7, 11) is 0. The van der Waals surface area contributed by atoms with E-state index in [1.54, 1.807) is 0 Å². The van der Waals surface area contributed by atoms with Gasteiger partial charge in [-0.3, -0.25) is 4.79 Å². The lowest BCUT2D eigenvalue weighted by Crippen LogP contribution is -2.25. The maximum atomic E-state index is 11.0. The molecule has 1 aliphatic rings. The standard InChI is InChI=1S/C8H15NO/c1-7-2-4-9-5-3-8(10)6-7/h7,9H,2-6H2,1H3. The molecule has 1 saturated heterocycles. The second kappa shape index (κ2) is 3.71. The van der Waals surface area contributed by atoms with Crippen molar-refractivity contribution in [2.75, 3.05) is 13.1 Å². The molecule has 0 spiro atoms. The number of hydrogen-bond acceptors (Lipinski definition) is 2. The fourth-order valence-corrected chi connectivity index (χ4v) is 1.29. The molecule has 1 fully saturated rings. The average Bonchev–Trinajstić information content (AvgIpc) is 1.83. The maximum absolute atomic E-state index is 11.0. The van der Waals surface area contributed by atoms with Gasteiger partial charge < -0.3 is 5.32 Å². The third-order valence-electron chi connectivity index (χ3n) is 1.97. The Kier molecular flexibility index (Phi) is 2.87. The van der Waals surface area contributed by atoms with Crippen LogP contribution in [0.15, 0.2) is 0 Å². The summed E-state index contributed by atoms with van der Waals surface area (Å²) in [6.45, 7) is 4.10. The lowest BCUT2D eigenvalue weighted by molar-refractivity contribution is -0.120. The van der Waals surface area contributed by atoms with Crippen molar-refractivity contribution in [2.24, 2.45) is 5.92 Å². The zero-order valence-electron chi connectivity index (χ0n) is 6.52. The molecular weight excluding hydrogens is 126 g/mol. The molecule has 0 saturated carbocycles. The van der Waals surface area contributed by atoms with E-state index in [9.17, 15) is 4.79 Å². The van der Waals surface area contributed by atoms with Crippen molar-refractivity contribution >= 4 is 5.78 Å². The van der Waals surface area contributed by atoms with Crippen molar-refractivity contribution < 1.29 is 4.79 Å². The third-order valence-corrected chi connectivity index (χ3v) is 1.97. The first-order chi connectivity index (χ1) is 4.79. The van der Waals surface area contributed by atoms with Crippen LogP contribution < -0.4 is 5.32 Å². The fourth-order valence-electron chi connectivity index (χ4n) is 1.29. The van der Waals surface area contributed by atoms with Gasteiger partial charge in [-0.2, -0.15) is 0 Å². The first-order valence-electron chi connectivity index (χ1n) is 4.01. The van der Waals surface area contributed by atoms with Crippen LogP contribution in [0.3, 0.4) is 0 Å². The van der Waals surface area contributed by atoms with Crippen LogP contribution in [0.1, 0.15) is 26.2 Å². The van der Waals surface area contributed by atoms with Gasteiger partial charge >= 0.3 is 0 Å². The van der Waals surface area contributed by atoms with Gasteiger partial charge in [0, 0.05) is 19.4 Å². The van der Waals surface area contributed by atoms with E-state index >= 15 is 0 Å². The Morgan fingerprint density at radius 2 is 2.30 bits per heavy atom. The van der Waals surface area contributed by atoms with Gasteiger partial charge in [0.2, 0.25) is 0 Å². The number of hydrogen-bond donors (Lipinski definition) is 1. The normalized spacial score (nSPS) is 29.3. The Morgan fingerprint density at radius 1 is 1.50 bits per heavy atom. The zero-order valence-corrected chi connectivity index (χ0v) is 6.52. The average molecular weight is 141 g/mol. The molecule has 1 heterocycles. The molecule has 1 N–H and O–H groups in total. The first-order valence-corrected chi connectivity index (χ1v) is 4.01. The first kappa shape index (κ1) is 7.73. The highest BCUT2D eigenvalue weighted by Crippen LogP contribution is 2.09. The topological polar surface area (TPSA) is 29.1 Å². The van der Waals surface area contributed by atoms with Gasteiger partial charge in [0.25, 0.3) is 0 Å². The van der Waals surface area contributed by atoms with Crippen molar-refractivity contribution in [1.29, 1.82) is 0 Å². The summed E-state index contributed by atoms with van der Waals surface area (Å²) < 4.78 is 0. The molecule has 58 valence electrons. The van der Waals surface area contributed by atoms with Crippen molar-refractivity contribution in [3.8, 4) is 0 Å². The highest BCUT2D eigenvalue weighted by atomic mass is 16.1. The van der Waals surface area contributed by atoms with Gasteiger partial charge in [-0.25, -0.2) is 0 Å². The molecule has 1 rings (SSSR count). The van der Waals surface area contributed by atoms with Crippen LogP contribution in [-0.2, 0) is 4.79 Å². The summed E-state index contributed by atoms with van der Waals surface area (Å²) in [5.41, 5.74) is 0. The van der Waals surface area contributed by atoms with Crippen LogP contribution in [0.4, 0.5) is 0 Å². The van der Waals surface area contributed by atoms with Gasteiger partial charge in [-0.1, -0.05) is 6.92 Å². The molecule has 0 aromatic heterocycles. The summed E-state index contributed by atoms with van der Waals surface area (Å²) >= 11 is 0. The number of nitrogens with one attached hydrogen (secondary N) is 1. The SMILES string of the molecule is CC1CCNCCC(=O)C1. The summed E-state index contributed by atoms with van der Waals surface area (Å²) in [4.78, 5) is 11.0. The third kappa shape index (κ3) is 2.48. The number of ketones is 1. The van der Waals surface area contributed by atoms with Gasteiger partial charge in [-0.15, -0.1) is 0 Å². The van der Waals surface area contributed by atoms with Gasteiger partial charge in [0.15, 0.2) is 0 Å². The summed E-state index contributed by atoms with van der Waals surface area (Å²) in [6.07, 6.45) is 2.66. The van der Waals surface area contributed by atoms with Crippen LogP contribution in [0.2, 0.25) is 0 Å². The Balaban J connectivity index is 2.32. The fraction of sp³-hybridized carbons (Fsp3) is 0.875. The van der Waals surface area contributed by atoms with Crippen molar-refractivity contribution in [3.63, 3.8) is 0 Å². The smallest absolute Gasteiger partial charge is 0.134 e. The molecular formula is C8H15NO. The number of Topliss-reactive ketones (excluding diaryl/α,β-unsaturated/α-hetero) is 1. The maximum Gasteiger partial charge on any atom is 0.134 e. The molecule has 0 bridgehead atoms. The number of rotatable bonds is 0. The predicted octanol–water partition coefficient (Wildman–Crippen LogP) is 0.965. The lowest BCUT2D eigenvalue weighted by Gasteiger charge is -2.14. The second-order valence-electron chi connectivity index (χ2n) is 3.14. The van der Waals surface area contributed by atoms with Crippen molar-refractivity contribution in [1.82, 2.24) is 5.32 Å². The lowest BCUT2D eigenvalue weighted by atomic mass is 9.98. The van der Waals surface area contributed by atoms with Crippen molar-refractivity contribution in [3.05, 3.63) is 0 Å². The van der Waals surface area contributed by atoms with Gasteiger partial charge in [-0.05, 0) is 18.9 Å². The Labute approximate surface area is 62.0 Å². The van der Waals surface area contributed by atoms with Crippen molar-refractivity contribution in [2.45, 2.75) is 26.2 Å². The quantitative estimate of drug-likeness (QED) is 0.544. The minimum Gasteiger partial charge on any atom is -0.316 e. The van der Waals surface area contributed by atoms with Crippen LogP contribution in [0.5, 0.6) is 0 Å². The Hall–Kier alpha value is -0.370. The Bertz CT molecular complexity index is 122. The highest BCUT2D eigenvalue weighted by Gasteiger charge is 2.10. The van der Waals surface area contributed by atoms with E-state index in [-0.39, 0.29) is 0 Å².